The third kappa shape index (κ3) is 3.90. The molecular formula is C19H28N2O3. The van der Waals surface area contributed by atoms with Crippen molar-refractivity contribution in [2.45, 2.75) is 44.8 Å². The van der Waals surface area contributed by atoms with Gasteiger partial charge in [0.25, 0.3) is 0 Å². The van der Waals surface area contributed by atoms with E-state index >= 15 is 0 Å². The smallest absolute Gasteiger partial charge is 0.227 e. The molecule has 2 saturated heterocycles. The van der Waals surface area contributed by atoms with Gasteiger partial charge in [0, 0.05) is 32.2 Å². The van der Waals surface area contributed by atoms with E-state index < -0.39 is 0 Å². The number of rotatable bonds is 4. The summed E-state index contributed by atoms with van der Waals surface area (Å²) in [5, 5.41) is 9.68. The summed E-state index contributed by atoms with van der Waals surface area (Å²) < 4.78 is 5.22. The van der Waals surface area contributed by atoms with Gasteiger partial charge in [0.05, 0.1) is 19.6 Å². The maximum absolute atomic E-state index is 12.6. The summed E-state index contributed by atoms with van der Waals surface area (Å²) in [6, 6.07) is 6.41. The van der Waals surface area contributed by atoms with E-state index in [2.05, 4.69) is 4.90 Å². The Labute approximate surface area is 144 Å². The molecule has 1 aromatic carbocycles. The summed E-state index contributed by atoms with van der Waals surface area (Å²) in [7, 11) is 1.66. The zero-order valence-corrected chi connectivity index (χ0v) is 14.7. The molecule has 1 atom stereocenters. The first-order valence-corrected chi connectivity index (χ1v) is 8.90. The summed E-state index contributed by atoms with van der Waals surface area (Å²) in [6.45, 7) is 5.46. The number of hydrogen-bond donors (Lipinski definition) is 1. The van der Waals surface area contributed by atoms with Crippen LogP contribution >= 0.6 is 0 Å². The molecule has 1 aromatic rings. The number of methoxy groups -OCH3 is 1. The van der Waals surface area contributed by atoms with Gasteiger partial charge in [-0.3, -0.25) is 9.69 Å². The maximum Gasteiger partial charge on any atom is 0.227 e. The molecule has 2 fully saturated rings. The lowest BCUT2D eigenvalue weighted by Crippen LogP contribution is -2.46. The third-order valence-corrected chi connectivity index (χ3v) is 5.42. The van der Waals surface area contributed by atoms with Crippen molar-refractivity contribution in [1.82, 2.24) is 9.80 Å². The lowest BCUT2D eigenvalue weighted by atomic mass is 10.0. The Morgan fingerprint density at radius 3 is 2.58 bits per heavy atom. The van der Waals surface area contributed by atoms with Crippen molar-refractivity contribution in [3.63, 3.8) is 0 Å². The summed E-state index contributed by atoms with van der Waals surface area (Å²) in [5.41, 5.74) is 2.18. The van der Waals surface area contributed by atoms with Gasteiger partial charge in [0.1, 0.15) is 5.75 Å². The summed E-state index contributed by atoms with van der Waals surface area (Å²) in [4.78, 5) is 17.0. The highest BCUT2D eigenvalue weighted by Gasteiger charge is 2.31. The molecule has 0 spiro atoms. The molecule has 3 rings (SSSR count). The van der Waals surface area contributed by atoms with E-state index in [-0.39, 0.29) is 12.0 Å². The number of piperidine rings is 1. The largest absolute Gasteiger partial charge is 0.497 e. The zero-order valence-electron chi connectivity index (χ0n) is 14.7. The van der Waals surface area contributed by atoms with Crippen LogP contribution in [0.3, 0.4) is 0 Å². The quantitative estimate of drug-likeness (QED) is 0.910. The number of aliphatic hydroxyl groups excluding tert-OH is 1. The fourth-order valence-electron chi connectivity index (χ4n) is 3.85. The molecule has 1 unspecified atom stereocenters. The van der Waals surface area contributed by atoms with Crippen LogP contribution in [0.4, 0.5) is 0 Å². The highest BCUT2D eigenvalue weighted by atomic mass is 16.5. The van der Waals surface area contributed by atoms with Crippen molar-refractivity contribution in [3.8, 4) is 5.75 Å². The number of aryl methyl sites for hydroxylation is 1. The lowest BCUT2D eigenvalue weighted by Gasteiger charge is -2.36. The number of benzene rings is 1. The number of β-amino-alcohol motifs (C(OH)–C–C–N with tert-alkyl or cyclic N) is 1. The first-order valence-electron chi connectivity index (χ1n) is 8.90. The van der Waals surface area contributed by atoms with E-state index in [1.165, 1.54) is 0 Å². The van der Waals surface area contributed by atoms with Gasteiger partial charge in [0.2, 0.25) is 5.91 Å². The van der Waals surface area contributed by atoms with Crippen molar-refractivity contribution < 1.29 is 14.6 Å². The molecule has 5 nitrogen and oxygen atoms in total. The van der Waals surface area contributed by atoms with E-state index in [4.69, 9.17) is 4.74 Å². The van der Waals surface area contributed by atoms with E-state index in [1.54, 1.807) is 7.11 Å². The average molecular weight is 332 g/mol. The van der Waals surface area contributed by atoms with Crippen molar-refractivity contribution in [1.29, 1.82) is 0 Å². The number of carbonyl (C=O) groups is 1. The monoisotopic (exact) mass is 332 g/mol. The molecule has 0 bridgehead atoms. The molecule has 0 aliphatic carbocycles. The summed E-state index contributed by atoms with van der Waals surface area (Å²) in [6.07, 6.45) is 3.21. The van der Waals surface area contributed by atoms with Crippen molar-refractivity contribution in [2.75, 3.05) is 33.3 Å². The molecule has 2 aliphatic heterocycles. The van der Waals surface area contributed by atoms with Crippen LogP contribution in [0.25, 0.3) is 0 Å². The number of likely N-dealkylation sites (tertiary alicyclic amines) is 2. The predicted molar refractivity (Wildman–Crippen MR) is 93.2 cm³/mol. The number of carbonyl (C=O) groups excluding carboxylic acids is 1. The molecule has 1 N–H and O–H groups in total. The van der Waals surface area contributed by atoms with Crippen molar-refractivity contribution >= 4 is 5.91 Å². The Balaban J connectivity index is 1.52. The molecule has 0 saturated carbocycles. The molecule has 1 amide bonds. The summed E-state index contributed by atoms with van der Waals surface area (Å²) >= 11 is 0. The second-order valence-corrected chi connectivity index (χ2v) is 7.02. The SMILES string of the molecule is COc1ccc(CC(=O)N2CCC(N3CCC(O)C3)CC2)c(C)c1. The standard InChI is InChI=1S/C19H28N2O3/c1-14-11-18(24-2)4-3-15(14)12-19(23)20-8-5-16(6-9-20)21-10-7-17(22)13-21/h3-4,11,16-17,22H,5-10,12-13H2,1-2H3. The van der Waals surface area contributed by atoms with E-state index in [9.17, 15) is 9.90 Å². The Bertz CT molecular complexity index is 582. The van der Waals surface area contributed by atoms with Gasteiger partial charge in [-0.05, 0) is 49.4 Å². The van der Waals surface area contributed by atoms with Gasteiger partial charge in [-0.15, -0.1) is 0 Å². The normalized spacial score (nSPS) is 22.8. The van der Waals surface area contributed by atoms with Gasteiger partial charge in [-0.2, -0.15) is 0 Å². The molecule has 0 radical (unpaired) electrons. The first kappa shape index (κ1) is 17.2. The van der Waals surface area contributed by atoms with Gasteiger partial charge in [-0.1, -0.05) is 6.07 Å². The van der Waals surface area contributed by atoms with Crippen LogP contribution < -0.4 is 4.74 Å². The molecule has 24 heavy (non-hydrogen) atoms. The predicted octanol–water partition coefficient (Wildman–Crippen LogP) is 1.60. The van der Waals surface area contributed by atoms with Crippen molar-refractivity contribution in [3.05, 3.63) is 29.3 Å². The number of ether oxygens (including phenoxy) is 1. The molecule has 5 heteroatoms. The number of nitrogens with zero attached hydrogens (tertiary/aromatic N) is 2. The molecule has 2 aliphatic rings. The Hall–Kier alpha value is -1.59. The van der Waals surface area contributed by atoms with Crippen molar-refractivity contribution in [2.24, 2.45) is 0 Å². The Morgan fingerprint density at radius 1 is 1.25 bits per heavy atom. The van der Waals surface area contributed by atoms with Gasteiger partial charge < -0.3 is 14.7 Å². The number of amides is 1. The van der Waals surface area contributed by atoms with Crippen LogP contribution in [0, 0.1) is 6.92 Å². The third-order valence-electron chi connectivity index (χ3n) is 5.42. The van der Waals surface area contributed by atoms with Crippen LogP contribution in [0.15, 0.2) is 18.2 Å². The van der Waals surface area contributed by atoms with Crippen LogP contribution in [-0.4, -0.2) is 66.2 Å². The first-order chi connectivity index (χ1) is 11.6. The second kappa shape index (κ2) is 7.53. The average Bonchev–Trinajstić information content (AvgIpc) is 3.03. The van der Waals surface area contributed by atoms with Crippen LogP contribution in [-0.2, 0) is 11.2 Å². The highest BCUT2D eigenvalue weighted by Crippen LogP contribution is 2.23. The van der Waals surface area contributed by atoms with Gasteiger partial charge in [0.15, 0.2) is 0 Å². The summed E-state index contributed by atoms with van der Waals surface area (Å²) in [5.74, 6) is 1.04. The maximum atomic E-state index is 12.6. The van der Waals surface area contributed by atoms with Crippen LogP contribution in [0.5, 0.6) is 5.75 Å². The lowest BCUT2D eigenvalue weighted by molar-refractivity contribution is -0.132. The molecule has 2 heterocycles. The fraction of sp³-hybridized carbons (Fsp3) is 0.632. The number of aliphatic hydroxyl groups is 1. The minimum absolute atomic E-state index is 0.164. The van der Waals surface area contributed by atoms with E-state index in [1.807, 2.05) is 30.0 Å². The molecular weight excluding hydrogens is 304 g/mol. The van der Waals surface area contributed by atoms with Gasteiger partial charge in [-0.25, -0.2) is 0 Å². The van der Waals surface area contributed by atoms with E-state index in [0.29, 0.717) is 12.5 Å². The number of hydrogen-bond acceptors (Lipinski definition) is 4. The van der Waals surface area contributed by atoms with E-state index in [0.717, 1.165) is 62.3 Å². The van der Waals surface area contributed by atoms with Crippen LogP contribution in [0.2, 0.25) is 0 Å². The fourth-order valence-corrected chi connectivity index (χ4v) is 3.85. The minimum atomic E-state index is -0.164. The zero-order chi connectivity index (χ0) is 17.1. The Kier molecular flexibility index (Phi) is 5.41. The Morgan fingerprint density at radius 2 is 2.00 bits per heavy atom. The minimum Gasteiger partial charge on any atom is -0.497 e. The van der Waals surface area contributed by atoms with Crippen LogP contribution in [0.1, 0.15) is 30.4 Å². The highest BCUT2D eigenvalue weighted by molar-refractivity contribution is 5.79. The molecule has 0 aromatic heterocycles. The molecule has 132 valence electrons. The van der Waals surface area contributed by atoms with Gasteiger partial charge >= 0.3 is 0 Å². The second-order valence-electron chi connectivity index (χ2n) is 7.02. The topological polar surface area (TPSA) is 53.0 Å².